The molecule has 140 valence electrons. The third-order valence-corrected chi connectivity index (χ3v) is 6.87. The van der Waals surface area contributed by atoms with Crippen molar-refractivity contribution in [2.75, 3.05) is 12.3 Å². The minimum Gasteiger partial charge on any atom is -0.338 e. The molecule has 2 aromatic rings. The summed E-state index contributed by atoms with van der Waals surface area (Å²) in [5.41, 5.74) is 1.10. The van der Waals surface area contributed by atoms with E-state index in [1.165, 1.54) is 18.2 Å². The van der Waals surface area contributed by atoms with Gasteiger partial charge in [-0.2, -0.15) is 0 Å². The molecule has 1 saturated carbocycles. The molecule has 2 atom stereocenters. The molecule has 0 radical (unpaired) electrons. The number of nitrogens with zero attached hydrogens (tertiary/aromatic N) is 4. The second kappa shape index (κ2) is 6.28. The van der Waals surface area contributed by atoms with Gasteiger partial charge in [0.1, 0.15) is 0 Å². The quantitative estimate of drug-likeness (QED) is 0.693. The second-order valence-corrected chi connectivity index (χ2v) is 10.5. The van der Waals surface area contributed by atoms with Crippen LogP contribution in [0.1, 0.15) is 40.0 Å². The summed E-state index contributed by atoms with van der Waals surface area (Å²) in [6.07, 6.45) is 5.10. The highest BCUT2D eigenvalue weighted by Crippen LogP contribution is 2.52. The van der Waals surface area contributed by atoms with Gasteiger partial charge in [0.15, 0.2) is 10.8 Å². The van der Waals surface area contributed by atoms with E-state index in [0.717, 1.165) is 19.4 Å². The molecule has 26 heavy (non-hydrogen) atoms. The van der Waals surface area contributed by atoms with E-state index in [9.17, 15) is 4.79 Å². The van der Waals surface area contributed by atoms with Gasteiger partial charge in [-0.15, -0.1) is 10.2 Å². The molecule has 8 heteroatoms. The second-order valence-electron chi connectivity index (χ2n) is 8.71. The number of pyridine rings is 1. The van der Waals surface area contributed by atoms with Crippen molar-refractivity contribution in [3.8, 4) is 0 Å². The van der Waals surface area contributed by atoms with E-state index < -0.39 is 0 Å². The minimum atomic E-state index is 0.173. The third-order valence-electron chi connectivity index (χ3n) is 5.46. The Balaban J connectivity index is 1.48. The van der Waals surface area contributed by atoms with E-state index >= 15 is 0 Å². The molecule has 1 saturated heterocycles. The van der Waals surface area contributed by atoms with Crippen LogP contribution >= 0.6 is 35.0 Å². The Morgan fingerprint density at radius 1 is 1.31 bits per heavy atom. The predicted octanol–water partition coefficient (Wildman–Crippen LogP) is 4.56. The van der Waals surface area contributed by atoms with Gasteiger partial charge in [0.2, 0.25) is 5.91 Å². The number of hydrogen-bond acceptors (Lipinski definition) is 4. The molecule has 2 aromatic heterocycles. The maximum atomic E-state index is 12.9. The highest BCUT2D eigenvalue weighted by atomic mass is 35.5. The number of halogens is 2. The van der Waals surface area contributed by atoms with Crippen LogP contribution in [0.3, 0.4) is 0 Å². The van der Waals surface area contributed by atoms with Gasteiger partial charge < -0.3 is 4.90 Å². The summed E-state index contributed by atoms with van der Waals surface area (Å²) in [7, 11) is 0. The van der Waals surface area contributed by atoms with Gasteiger partial charge >= 0.3 is 0 Å². The highest BCUT2D eigenvalue weighted by Gasteiger charge is 2.50. The molecule has 2 aliphatic rings. The van der Waals surface area contributed by atoms with Crippen LogP contribution in [0.4, 0.5) is 0 Å². The van der Waals surface area contributed by atoms with Gasteiger partial charge in [0.05, 0.1) is 15.8 Å². The summed E-state index contributed by atoms with van der Waals surface area (Å²) in [6, 6.07) is 2.00. The first-order chi connectivity index (χ1) is 12.2. The van der Waals surface area contributed by atoms with Crippen molar-refractivity contribution < 1.29 is 4.79 Å². The molecule has 0 N–H and O–H groups in total. The Labute approximate surface area is 167 Å². The van der Waals surface area contributed by atoms with Gasteiger partial charge in [0.25, 0.3) is 0 Å². The fraction of sp³-hybridized carbons (Fsp3) is 0.611. The van der Waals surface area contributed by atoms with Crippen molar-refractivity contribution in [3.63, 3.8) is 0 Å². The van der Waals surface area contributed by atoms with E-state index in [1.54, 1.807) is 16.7 Å². The zero-order valence-electron chi connectivity index (χ0n) is 15.1. The van der Waals surface area contributed by atoms with Crippen LogP contribution in [0.2, 0.25) is 10.0 Å². The van der Waals surface area contributed by atoms with Gasteiger partial charge in [0, 0.05) is 18.8 Å². The smallest absolute Gasteiger partial charge is 0.233 e. The molecule has 2 fully saturated rings. The molecule has 0 aromatic carbocycles. The third kappa shape index (κ3) is 3.32. The lowest BCUT2D eigenvalue weighted by molar-refractivity contribution is -0.129. The monoisotopic (exact) mass is 412 g/mol. The van der Waals surface area contributed by atoms with Gasteiger partial charge in [-0.25, -0.2) is 0 Å². The van der Waals surface area contributed by atoms with Crippen LogP contribution in [0.25, 0.3) is 5.65 Å². The van der Waals surface area contributed by atoms with E-state index in [2.05, 4.69) is 35.9 Å². The van der Waals surface area contributed by atoms with E-state index in [4.69, 9.17) is 23.2 Å². The van der Waals surface area contributed by atoms with Crippen molar-refractivity contribution in [3.05, 3.63) is 22.3 Å². The van der Waals surface area contributed by atoms with Crippen molar-refractivity contribution in [1.29, 1.82) is 0 Å². The average molecular weight is 413 g/mol. The zero-order valence-corrected chi connectivity index (χ0v) is 17.5. The molecule has 1 amide bonds. The van der Waals surface area contributed by atoms with E-state index in [1.807, 2.05) is 0 Å². The standard InChI is InChI=1S/C18H22Cl2N4OS/c1-17(2)5-12-6-18(3,9-17)10-24(12)14(25)8-26-16-22-21-15-13(20)4-11(19)7-23(15)16/h4,7,12H,5-6,8-10H2,1-3H3/t12-,18-/m1/s1. The van der Waals surface area contributed by atoms with Crippen molar-refractivity contribution >= 4 is 46.5 Å². The summed E-state index contributed by atoms with van der Waals surface area (Å²) in [4.78, 5) is 15.0. The molecule has 5 nitrogen and oxygen atoms in total. The Morgan fingerprint density at radius 3 is 2.85 bits per heavy atom. The summed E-state index contributed by atoms with van der Waals surface area (Å²) in [5.74, 6) is 0.518. The number of carbonyl (C=O) groups is 1. The maximum absolute atomic E-state index is 12.9. The first-order valence-electron chi connectivity index (χ1n) is 8.78. The minimum absolute atomic E-state index is 0.173. The molecule has 2 bridgehead atoms. The predicted molar refractivity (Wildman–Crippen MR) is 105 cm³/mol. The fourth-order valence-electron chi connectivity index (χ4n) is 4.96. The lowest BCUT2D eigenvalue weighted by Crippen LogP contribution is -2.38. The summed E-state index contributed by atoms with van der Waals surface area (Å²) in [5, 5.41) is 9.85. The number of rotatable bonds is 3. The first-order valence-corrected chi connectivity index (χ1v) is 10.5. The molecule has 0 unspecified atom stereocenters. The molecule has 0 spiro atoms. The van der Waals surface area contributed by atoms with Crippen molar-refractivity contribution in [1.82, 2.24) is 19.5 Å². The van der Waals surface area contributed by atoms with Crippen LogP contribution in [0.5, 0.6) is 0 Å². The summed E-state index contributed by atoms with van der Waals surface area (Å²) < 4.78 is 1.75. The number of aromatic nitrogens is 3. The molecule has 3 heterocycles. The van der Waals surface area contributed by atoms with Gasteiger partial charge in [-0.3, -0.25) is 9.20 Å². The van der Waals surface area contributed by atoms with E-state index in [-0.39, 0.29) is 11.3 Å². The van der Waals surface area contributed by atoms with Crippen molar-refractivity contribution in [2.45, 2.75) is 51.2 Å². The van der Waals surface area contributed by atoms with Gasteiger partial charge in [-0.1, -0.05) is 55.7 Å². The average Bonchev–Trinajstić information content (AvgIpc) is 3.02. The molecular formula is C18H22Cl2N4OS. The number of amides is 1. The fourth-order valence-corrected chi connectivity index (χ4v) is 6.27. The Morgan fingerprint density at radius 2 is 2.08 bits per heavy atom. The van der Waals surface area contributed by atoms with Crippen LogP contribution in [0.15, 0.2) is 17.4 Å². The highest BCUT2D eigenvalue weighted by molar-refractivity contribution is 7.99. The number of carbonyl (C=O) groups excluding carboxylic acids is 1. The number of likely N-dealkylation sites (tertiary alicyclic amines) is 1. The summed E-state index contributed by atoms with van der Waals surface area (Å²) >= 11 is 13.6. The molecule has 4 rings (SSSR count). The first kappa shape index (κ1) is 18.4. The lowest BCUT2D eigenvalue weighted by atomic mass is 9.65. The zero-order chi connectivity index (χ0) is 18.7. The van der Waals surface area contributed by atoms with E-state index in [0.29, 0.717) is 38.1 Å². The van der Waals surface area contributed by atoms with Crippen LogP contribution in [-0.2, 0) is 4.79 Å². The Hall–Kier alpha value is -0.980. The van der Waals surface area contributed by atoms with Crippen LogP contribution < -0.4 is 0 Å². The Kier molecular flexibility index (Phi) is 4.44. The number of fused-ring (bicyclic) bond motifs is 3. The largest absolute Gasteiger partial charge is 0.338 e. The topological polar surface area (TPSA) is 50.5 Å². The van der Waals surface area contributed by atoms with Crippen molar-refractivity contribution in [2.24, 2.45) is 10.8 Å². The summed E-state index contributed by atoms with van der Waals surface area (Å²) in [6.45, 7) is 7.81. The molecule has 1 aliphatic carbocycles. The molecule has 1 aliphatic heterocycles. The lowest BCUT2D eigenvalue weighted by Gasteiger charge is -2.39. The van der Waals surface area contributed by atoms with Crippen LogP contribution in [-0.4, -0.2) is 43.7 Å². The molecular weight excluding hydrogens is 391 g/mol. The van der Waals surface area contributed by atoms with Crippen LogP contribution in [0, 0.1) is 10.8 Å². The normalized spacial score (nSPS) is 27.3. The maximum Gasteiger partial charge on any atom is 0.233 e. The van der Waals surface area contributed by atoms with Gasteiger partial charge in [-0.05, 0) is 36.2 Å². The Bertz CT molecular complexity index is 883. The SMILES string of the molecule is CC1(C)C[C@@H]2C[C@@](C)(CN2C(=O)CSc2nnc3c(Cl)cc(Cl)cn23)C1. The number of hydrogen-bond donors (Lipinski definition) is 0. The number of thioether (sulfide) groups is 1.